The Morgan fingerprint density at radius 3 is 3.00 bits per heavy atom. The molecular formula is C7H15FN2. The van der Waals surface area contributed by atoms with Crippen LogP contribution in [0.5, 0.6) is 0 Å². The number of halogens is 1. The third-order valence-electron chi connectivity index (χ3n) is 1.76. The molecule has 0 aromatic rings. The second kappa shape index (κ2) is 2.84. The molecule has 60 valence electrons. The summed E-state index contributed by atoms with van der Waals surface area (Å²) in [5.74, 6) is 0. The van der Waals surface area contributed by atoms with Gasteiger partial charge in [0, 0.05) is 26.2 Å². The maximum Gasteiger partial charge on any atom is 0.133 e. The molecular weight excluding hydrogens is 131 g/mol. The fraction of sp³-hybridized carbons (Fsp3) is 1.00. The van der Waals surface area contributed by atoms with E-state index in [1.54, 1.807) is 6.92 Å². The molecule has 0 aromatic carbocycles. The highest BCUT2D eigenvalue weighted by Crippen LogP contribution is 2.11. The van der Waals surface area contributed by atoms with E-state index in [0.717, 1.165) is 13.1 Å². The lowest BCUT2D eigenvalue weighted by atomic mass is 10.1. The number of likely N-dealkylation sites (N-methyl/N-ethyl adjacent to an activating group) is 1. The highest BCUT2D eigenvalue weighted by Gasteiger charge is 2.26. The molecule has 0 bridgehead atoms. The zero-order valence-electron chi connectivity index (χ0n) is 6.65. The number of hydrogen-bond donors (Lipinski definition) is 1. The predicted molar refractivity (Wildman–Crippen MR) is 39.9 cm³/mol. The van der Waals surface area contributed by atoms with E-state index in [9.17, 15) is 4.39 Å². The second-order valence-corrected chi connectivity index (χ2v) is 3.33. The van der Waals surface area contributed by atoms with E-state index in [1.807, 2.05) is 11.9 Å². The maximum absolute atomic E-state index is 13.3. The molecule has 0 radical (unpaired) electrons. The minimum absolute atomic E-state index is 0.483. The summed E-state index contributed by atoms with van der Waals surface area (Å²) in [6, 6.07) is 0. The summed E-state index contributed by atoms with van der Waals surface area (Å²) in [6.45, 7) is 4.51. The van der Waals surface area contributed by atoms with Crippen LogP contribution in [0.2, 0.25) is 0 Å². The lowest BCUT2D eigenvalue weighted by Crippen LogP contribution is -2.38. The number of rotatable bonds is 0. The highest BCUT2D eigenvalue weighted by molar-refractivity contribution is 4.82. The van der Waals surface area contributed by atoms with Crippen molar-refractivity contribution in [3.05, 3.63) is 0 Å². The first-order chi connectivity index (χ1) is 4.60. The fourth-order valence-electron chi connectivity index (χ4n) is 1.32. The van der Waals surface area contributed by atoms with Crippen LogP contribution in [0.25, 0.3) is 0 Å². The van der Waals surface area contributed by atoms with Gasteiger partial charge in [0.1, 0.15) is 5.67 Å². The van der Waals surface area contributed by atoms with Crippen LogP contribution in [0.3, 0.4) is 0 Å². The topological polar surface area (TPSA) is 15.3 Å². The Balaban J connectivity index is 2.46. The summed E-state index contributed by atoms with van der Waals surface area (Å²) in [5.41, 5.74) is -1.05. The largest absolute Gasteiger partial charge is 0.312 e. The Kier molecular flexibility index (Phi) is 2.26. The third-order valence-corrected chi connectivity index (χ3v) is 1.76. The molecule has 1 fully saturated rings. The maximum atomic E-state index is 13.3. The van der Waals surface area contributed by atoms with E-state index in [2.05, 4.69) is 5.32 Å². The van der Waals surface area contributed by atoms with Crippen LogP contribution in [-0.4, -0.2) is 43.8 Å². The Bertz CT molecular complexity index is 114. The van der Waals surface area contributed by atoms with Crippen molar-refractivity contribution < 1.29 is 4.39 Å². The number of alkyl halides is 1. The smallest absolute Gasteiger partial charge is 0.133 e. The lowest BCUT2D eigenvalue weighted by Gasteiger charge is -2.21. The first kappa shape index (κ1) is 7.95. The molecule has 0 spiro atoms. The molecule has 1 unspecified atom stereocenters. The van der Waals surface area contributed by atoms with Crippen molar-refractivity contribution in [3.8, 4) is 0 Å². The van der Waals surface area contributed by atoms with Crippen molar-refractivity contribution in [2.45, 2.75) is 12.6 Å². The molecule has 0 amide bonds. The first-order valence-corrected chi connectivity index (χ1v) is 3.68. The van der Waals surface area contributed by atoms with Gasteiger partial charge in [-0.15, -0.1) is 0 Å². The van der Waals surface area contributed by atoms with Gasteiger partial charge in [-0.1, -0.05) is 0 Å². The van der Waals surface area contributed by atoms with Gasteiger partial charge >= 0.3 is 0 Å². The summed E-state index contributed by atoms with van der Waals surface area (Å²) in [6.07, 6.45) is 0. The second-order valence-electron chi connectivity index (χ2n) is 3.33. The van der Waals surface area contributed by atoms with Crippen LogP contribution in [0.1, 0.15) is 6.92 Å². The first-order valence-electron chi connectivity index (χ1n) is 3.68. The van der Waals surface area contributed by atoms with E-state index in [1.165, 1.54) is 0 Å². The van der Waals surface area contributed by atoms with Crippen LogP contribution in [0.4, 0.5) is 4.39 Å². The summed E-state index contributed by atoms with van der Waals surface area (Å²) in [7, 11) is 1.95. The summed E-state index contributed by atoms with van der Waals surface area (Å²) >= 11 is 0. The zero-order valence-corrected chi connectivity index (χ0v) is 6.65. The van der Waals surface area contributed by atoms with Crippen molar-refractivity contribution >= 4 is 0 Å². The molecule has 1 N–H and O–H groups in total. The van der Waals surface area contributed by atoms with Gasteiger partial charge in [0.15, 0.2) is 0 Å². The van der Waals surface area contributed by atoms with Crippen LogP contribution >= 0.6 is 0 Å². The number of hydrogen-bond acceptors (Lipinski definition) is 2. The van der Waals surface area contributed by atoms with Gasteiger partial charge in [-0.05, 0) is 14.0 Å². The zero-order chi connectivity index (χ0) is 7.61. The van der Waals surface area contributed by atoms with Crippen LogP contribution in [0.15, 0.2) is 0 Å². The van der Waals surface area contributed by atoms with Gasteiger partial charge in [0.2, 0.25) is 0 Å². The van der Waals surface area contributed by atoms with Crippen molar-refractivity contribution in [2.75, 3.05) is 33.2 Å². The molecule has 1 rings (SSSR count). The summed E-state index contributed by atoms with van der Waals surface area (Å²) in [5, 5.41) is 3.05. The van der Waals surface area contributed by atoms with Gasteiger partial charge < -0.3 is 10.2 Å². The van der Waals surface area contributed by atoms with Gasteiger partial charge in [-0.25, -0.2) is 4.39 Å². The van der Waals surface area contributed by atoms with Crippen molar-refractivity contribution in [2.24, 2.45) is 0 Å². The normalized spacial score (nSPS) is 37.5. The van der Waals surface area contributed by atoms with Gasteiger partial charge in [-0.2, -0.15) is 0 Å². The highest BCUT2D eigenvalue weighted by atomic mass is 19.1. The van der Waals surface area contributed by atoms with Gasteiger partial charge in [0.05, 0.1) is 0 Å². The predicted octanol–water partition coefficient (Wildman–Crippen LogP) is 0.250. The van der Waals surface area contributed by atoms with E-state index in [4.69, 9.17) is 0 Å². The van der Waals surface area contributed by atoms with Crippen molar-refractivity contribution in [1.82, 2.24) is 10.2 Å². The molecule has 0 aliphatic carbocycles. The standard InChI is InChI=1S/C7H15FN2/c1-7(8)5-9-3-4-10(2)6-7/h9H,3-6H2,1-2H3. The monoisotopic (exact) mass is 146 g/mol. The molecule has 1 aliphatic heterocycles. The number of nitrogens with zero attached hydrogens (tertiary/aromatic N) is 1. The number of nitrogens with one attached hydrogen (secondary N) is 1. The average Bonchev–Trinajstić information content (AvgIpc) is 1.90. The third kappa shape index (κ3) is 2.23. The van der Waals surface area contributed by atoms with Crippen LogP contribution in [0, 0.1) is 0 Å². The van der Waals surface area contributed by atoms with Crippen molar-refractivity contribution in [1.29, 1.82) is 0 Å². The molecule has 0 aromatic heterocycles. The van der Waals surface area contributed by atoms with Crippen LogP contribution in [-0.2, 0) is 0 Å². The van der Waals surface area contributed by atoms with E-state index in [-0.39, 0.29) is 0 Å². The Labute approximate surface area is 61.4 Å². The molecule has 1 atom stereocenters. The lowest BCUT2D eigenvalue weighted by molar-refractivity contribution is 0.145. The molecule has 1 heterocycles. The minimum atomic E-state index is -1.05. The quantitative estimate of drug-likeness (QED) is 0.527. The van der Waals surface area contributed by atoms with Crippen LogP contribution < -0.4 is 5.32 Å². The summed E-state index contributed by atoms with van der Waals surface area (Å²) < 4.78 is 13.3. The molecule has 2 nitrogen and oxygen atoms in total. The Morgan fingerprint density at radius 2 is 2.30 bits per heavy atom. The minimum Gasteiger partial charge on any atom is -0.312 e. The molecule has 3 heteroatoms. The van der Waals surface area contributed by atoms with E-state index >= 15 is 0 Å². The molecule has 0 saturated carbocycles. The van der Waals surface area contributed by atoms with E-state index < -0.39 is 5.67 Å². The van der Waals surface area contributed by atoms with Crippen molar-refractivity contribution in [3.63, 3.8) is 0 Å². The fourth-order valence-corrected chi connectivity index (χ4v) is 1.32. The van der Waals surface area contributed by atoms with Gasteiger partial charge in [-0.3, -0.25) is 0 Å². The summed E-state index contributed by atoms with van der Waals surface area (Å²) in [4.78, 5) is 2.01. The molecule has 1 aliphatic rings. The Hall–Kier alpha value is -0.150. The van der Waals surface area contributed by atoms with E-state index in [0.29, 0.717) is 13.1 Å². The average molecular weight is 146 g/mol. The molecule has 10 heavy (non-hydrogen) atoms. The van der Waals surface area contributed by atoms with Gasteiger partial charge in [0.25, 0.3) is 0 Å². The Morgan fingerprint density at radius 1 is 1.60 bits per heavy atom. The molecule has 1 saturated heterocycles. The SMILES string of the molecule is CN1CCNCC(C)(F)C1.